The number of aliphatic imine (C=N–C) groups is 1. The molecule has 11 N–H and O–H groups in total. The van der Waals surface area contributed by atoms with Gasteiger partial charge in [-0.25, -0.2) is 4.79 Å². The van der Waals surface area contributed by atoms with Crippen LogP contribution in [0.4, 0.5) is 0 Å². The van der Waals surface area contributed by atoms with Gasteiger partial charge in [-0.1, -0.05) is 13.8 Å². The van der Waals surface area contributed by atoms with Crippen molar-refractivity contribution in [2.45, 2.75) is 83.0 Å². The highest BCUT2D eigenvalue weighted by molar-refractivity contribution is 5.94. The molecule has 0 aliphatic carbocycles. The first-order valence-electron chi connectivity index (χ1n) is 12.1. The van der Waals surface area contributed by atoms with Gasteiger partial charge in [0.1, 0.15) is 18.1 Å². The van der Waals surface area contributed by atoms with E-state index in [9.17, 15) is 24.3 Å². The van der Waals surface area contributed by atoms with E-state index < -0.39 is 42.0 Å². The molecular weight excluding hydrogens is 456 g/mol. The molecule has 0 aromatic rings. The highest BCUT2D eigenvalue weighted by Crippen LogP contribution is 2.20. The molecule has 1 fully saturated rings. The highest BCUT2D eigenvalue weighted by atomic mass is 16.4. The number of hydrogen-bond acceptors (Lipinski definition) is 7. The van der Waals surface area contributed by atoms with E-state index >= 15 is 0 Å². The molecule has 1 aliphatic rings. The van der Waals surface area contributed by atoms with Crippen LogP contribution in [0.5, 0.6) is 0 Å². The summed E-state index contributed by atoms with van der Waals surface area (Å²) in [6, 6.07) is -3.58. The molecule has 3 amide bonds. The van der Waals surface area contributed by atoms with Gasteiger partial charge >= 0.3 is 5.97 Å². The van der Waals surface area contributed by atoms with E-state index in [1.807, 2.05) is 13.8 Å². The van der Waals surface area contributed by atoms with Crippen molar-refractivity contribution in [2.24, 2.45) is 33.8 Å². The van der Waals surface area contributed by atoms with E-state index in [1.54, 1.807) is 0 Å². The van der Waals surface area contributed by atoms with Gasteiger partial charge in [-0.05, 0) is 57.4 Å². The summed E-state index contributed by atoms with van der Waals surface area (Å²) in [4.78, 5) is 55.8. The van der Waals surface area contributed by atoms with Crippen LogP contribution in [-0.2, 0) is 19.2 Å². The average molecular weight is 499 g/mol. The molecule has 1 rings (SSSR count). The summed E-state index contributed by atoms with van der Waals surface area (Å²) in [7, 11) is 0. The van der Waals surface area contributed by atoms with Crippen LogP contribution in [0.2, 0.25) is 0 Å². The lowest BCUT2D eigenvalue weighted by atomic mass is 10.0. The van der Waals surface area contributed by atoms with E-state index in [0.717, 1.165) is 0 Å². The Labute approximate surface area is 206 Å². The van der Waals surface area contributed by atoms with Crippen molar-refractivity contribution >= 4 is 29.7 Å². The molecule has 1 saturated heterocycles. The quantitative estimate of drug-likeness (QED) is 0.0765. The molecular formula is C22H42N8O5. The minimum absolute atomic E-state index is 0.0940. The number of guanidine groups is 1. The number of carboxylic acids is 1. The molecule has 0 bridgehead atoms. The average Bonchev–Trinajstić information content (AvgIpc) is 3.29. The van der Waals surface area contributed by atoms with Crippen LogP contribution in [0.3, 0.4) is 0 Å². The molecule has 1 heterocycles. The van der Waals surface area contributed by atoms with Crippen molar-refractivity contribution < 1.29 is 24.3 Å². The lowest BCUT2D eigenvalue weighted by Gasteiger charge is -2.30. The van der Waals surface area contributed by atoms with Crippen LogP contribution in [0.15, 0.2) is 4.99 Å². The number of rotatable bonds is 15. The smallest absolute Gasteiger partial charge is 0.326 e. The van der Waals surface area contributed by atoms with E-state index in [2.05, 4.69) is 15.6 Å². The van der Waals surface area contributed by atoms with Gasteiger partial charge in [-0.15, -0.1) is 0 Å². The number of likely N-dealkylation sites (tertiary alicyclic amines) is 1. The van der Waals surface area contributed by atoms with Crippen LogP contribution < -0.4 is 33.6 Å². The number of nitrogens with zero attached hydrogens (tertiary/aromatic N) is 2. The van der Waals surface area contributed by atoms with E-state index in [-0.39, 0.29) is 30.8 Å². The van der Waals surface area contributed by atoms with Crippen molar-refractivity contribution in [1.29, 1.82) is 0 Å². The Hall–Kier alpha value is -2.93. The van der Waals surface area contributed by atoms with Gasteiger partial charge in [0.05, 0.1) is 6.04 Å². The fraction of sp³-hybridized carbons (Fsp3) is 0.773. The molecule has 35 heavy (non-hydrogen) atoms. The van der Waals surface area contributed by atoms with Crippen molar-refractivity contribution in [1.82, 2.24) is 15.5 Å². The Bertz CT molecular complexity index is 756. The van der Waals surface area contributed by atoms with E-state index in [4.69, 9.17) is 22.9 Å². The molecule has 0 radical (unpaired) electrons. The predicted molar refractivity (Wildman–Crippen MR) is 132 cm³/mol. The number of aliphatic carboxylic acids is 1. The largest absolute Gasteiger partial charge is 0.480 e. The third-order valence-electron chi connectivity index (χ3n) is 5.98. The summed E-state index contributed by atoms with van der Waals surface area (Å²) < 4.78 is 0. The number of carbonyl (C=O) groups is 4. The number of carbonyl (C=O) groups excluding carboxylic acids is 3. The van der Waals surface area contributed by atoms with Gasteiger partial charge in [0, 0.05) is 13.1 Å². The van der Waals surface area contributed by atoms with Gasteiger partial charge in [0.15, 0.2) is 5.96 Å². The maximum absolute atomic E-state index is 13.4. The molecule has 0 aromatic heterocycles. The summed E-state index contributed by atoms with van der Waals surface area (Å²) in [6.45, 7) is 4.64. The van der Waals surface area contributed by atoms with E-state index in [1.165, 1.54) is 4.90 Å². The van der Waals surface area contributed by atoms with Gasteiger partial charge in [-0.2, -0.15) is 0 Å². The van der Waals surface area contributed by atoms with Crippen molar-refractivity contribution in [2.75, 3.05) is 19.6 Å². The highest BCUT2D eigenvalue weighted by Gasteiger charge is 2.39. The Morgan fingerprint density at radius 1 is 1.06 bits per heavy atom. The van der Waals surface area contributed by atoms with Gasteiger partial charge in [0.25, 0.3) is 0 Å². The van der Waals surface area contributed by atoms with Crippen LogP contribution >= 0.6 is 0 Å². The Balaban J connectivity index is 2.90. The van der Waals surface area contributed by atoms with Crippen molar-refractivity contribution in [3.8, 4) is 0 Å². The van der Waals surface area contributed by atoms with Crippen molar-refractivity contribution in [3.05, 3.63) is 0 Å². The molecule has 1 aliphatic heterocycles. The first-order valence-corrected chi connectivity index (χ1v) is 12.1. The van der Waals surface area contributed by atoms with Crippen LogP contribution in [0, 0.1) is 5.92 Å². The van der Waals surface area contributed by atoms with Gasteiger partial charge < -0.3 is 43.6 Å². The van der Waals surface area contributed by atoms with Gasteiger partial charge in [0.2, 0.25) is 17.7 Å². The molecule has 13 heteroatoms. The third-order valence-corrected chi connectivity index (χ3v) is 5.98. The van der Waals surface area contributed by atoms with Crippen LogP contribution in [0.25, 0.3) is 0 Å². The van der Waals surface area contributed by atoms with Crippen LogP contribution in [-0.4, -0.2) is 83.5 Å². The maximum Gasteiger partial charge on any atom is 0.326 e. The normalized spacial score (nSPS) is 18.0. The number of unbranched alkanes of at least 4 members (excludes halogenated alkanes) is 1. The number of hydrogen-bond donors (Lipinski definition) is 7. The fourth-order valence-electron chi connectivity index (χ4n) is 3.85. The molecule has 4 atom stereocenters. The molecule has 0 saturated carbocycles. The third kappa shape index (κ3) is 10.1. The second-order valence-corrected chi connectivity index (χ2v) is 9.15. The summed E-state index contributed by atoms with van der Waals surface area (Å²) in [6.07, 6.45) is 3.12. The fourth-order valence-corrected chi connectivity index (χ4v) is 3.85. The predicted octanol–water partition coefficient (Wildman–Crippen LogP) is -1.80. The number of carboxylic acid groups (broad SMARTS) is 1. The van der Waals surface area contributed by atoms with E-state index in [0.29, 0.717) is 51.6 Å². The van der Waals surface area contributed by atoms with Gasteiger partial charge in [-0.3, -0.25) is 19.4 Å². The standard InChI is InChI=1S/C22H42N8O5/c1-13(2)17(24)19(32)28-14(7-3-4-10-23)20(33)30-12-6-9-16(30)18(31)29-15(21(34)35)8-5-11-27-22(25)26/h13-17H,3-12,23-24H2,1-2H3,(H,28,32)(H,29,31)(H,34,35)(H4,25,26,27)/t14-,15-,16-,17-/m0/s1. The summed E-state index contributed by atoms with van der Waals surface area (Å²) in [5.41, 5.74) is 22.0. The lowest BCUT2D eigenvalue weighted by Crippen LogP contribution is -2.57. The Kier molecular flexibility index (Phi) is 13.0. The minimum atomic E-state index is -1.19. The zero-order valence-corrected chi connectivity index (χ0v) is 20.7. The first kappa shape index (κ1) is 30.1. The van der Waals surface area contributed by atoms with Crippen LogP contribution in [0.1, 0.15) is 58.8 Å². The molecule has 0 aromatic carbocycles. The van der Waals surface area contributed by atoms with Crippen molar-refractivity contribution in [3.63, 3.8) is 0 Å². The molecule has 13 nitrogen and oxygen atoms in total. The first-order chi connectivity index (χ1) is 16.5. The Morgan fingerprint density at radius 2 is 1.71 bits per heavy atom. The summed E-state index contributed by atoms with van der Waals surface area (Å²) >= 11 is 0. The maximum atomic E-state index is 13.4. The number of nitrogens with two attached hydrogens (primary N) is 4. The number of amides is 3. The topological polar surface area (TPSA) is 232 Å². The lowest BCUT2D eigenvalue weighted by molar-refractivity contribution is -0.145. The monoisotopic (exact) mass is 498 g/mol. The second kappa shape index (κ2) is 15.1. The second-order valence-electron chi connectivity index (χ2n) is 9.15. The molecule has 200 valence electrons. The molecule has 0 spiro atoms. The zero-order chi connectivity index (χ0) is 26.5. The SMILES string of the molecule is CC(C)[C@H](N)C(=O)N[C@@H](CCCCN)C(=O)N1CCC[C@H]1C(=O)N[C@@H](CCCN=C(N)N)C(=O)O. The summed E-state index contributed by atoms with van der Waals surface area (Å²) in [5, 5.41) is 14.8. The molecule has 0 unspecified atom stereocenters. The minimum Gasteiger partial charge on any atom is -0.480 e. The Morgan fingerprint density at radius 3 is 2.29 bits per heavy atom. The zero-order valence-electron chi connectivity index (χ0n) is 20.7. The summed E-state index contributed by atoms with van der Waals surface area (Å²) in [5.74, 6) is -2.75. The number of nitrogens with one attached hydrogen (secondary N) is 2.